The first kappa shape index (κ1) is 5.16. The Kier molecular flexibility index (Phi) is 1.11. The Hall–Kier alpha value is -0.655. The molecule has 1 fully saturated rings. The molecule has 2 heteroatoms. The number of hydrogen-bond acceptors (Lipinski definition) is 1. The van der Waals surface area contributed by atoms with Gasteiger partial charge in [0, 0.05) is 0 Å². The number of hydrogen-bond donors (Lipinski definition) is 0. The zero-order chi connectivity index (χ0) is 6.10. The van der Waals surface area contributed by atoms with E-state index >= 15 is 0 Å². The molecule has 0 aromatic carbocycles. The van der Waals surface area contributed by atoms with E-state index in [1.54, 1.807) is 0 Å². The van der Waals surface area contributed by atoms with Gasteiger partial charge in [-0.1, -0.05) is 17.4 Å². The molecule has 2 heterocycles. The molecule has 0 spiro atoms. The molecule has 0 aromatic rings. The van der Waals surface area contributed by atoms with E-state index in [1.165, 1.54) is 23.8 Å². The first-order chi connectivity index (χ1) is 4.47. The van der Waals surface area contributed by atoms with Gasteiger partial charge in [-0.15, -0.1) is 0 Å². The Morgan fingerprint density at radius 1 is 1.56 bits per heavy atom. The molecular weight excluding hydrogens is 111 g/mol. The number of ether oxygens (including phenoxy) is 1. The molecule has 0 saturated carbocycles. The first-order valence-corrected chi connectivity index (χ1v) is 3.31. The average molecular weight is 119 g/mol. The number of allylic oxidation sites excluding steroid dienone is 2. The molecule has 9 heavy (non-hydrogen) atoms. The van der Waals surface area contributed by atoms with Crippen LogP contribution in [0.3, 0.4) is 0 Å². The summed E-state index contributed by atoms with van der Waals surface area (Å²) >= 11 is 0. The predicted molar refractivity (Wildman–Crippen MR) is 37.3 cm³/mol. The van der Waals surface area contributed by atoms with Crippen molar-refractivity contribution in [2.45, 2.75) is 12.7 Å². The topological polar surface area (TPSA) is 9.23 Å². The molecule has 1 saturated heterocycles. The molecular formula is C7H8BO. The van der Waals surface area contributed by atoms with Crippen molar-refractivity contribution in [3.63, 3.8) is 0 Å². The Balaban J connectivity index is 2.30. The van der Waals surface area contributed by atoms with Gasteiger partial charge in [0.2, 0.25) is 0 Å². The van der Waals surface area contributed by atoms with Gasteiger partial charge < -0.3 is 4.74 Å². The van der Waals surface area contributed by atoms with Crippen molar-refractivity contribution < 1.29 is 4.74 Å². The second-order valence-corrected chi connectivity index (χ2v) is 2.38. The summed E-state index contributed by atoms with van der Waals surface area (Å²) in [6.07, 6.45) is 6.44. The van der Waals surface area contributed by atoms with Gasteiger partial charge in [-0.2, -0.15) is 0 Å². The molecule has 0 atom stereocenters. The molecule has 0 aromatic heterocycles. The lowest BCUT2D eigenvalue weighted by atomic mass is 9.72. The summed E-state index contributed by atoms with van der Waals surface area (Å²) in [4.78, 5) is 0. The Labute approximate surface area is 55.6 Å². The standard InChI is InChI=1S/C7H8BO/c1-3-8-7-5-9-4-2-6(1)7/h2,5H,1,3-4H2. The Morgan fingerprint density at radius 3 is 3.44 bits per heavy atom. The van der Waals surface area contributed by atoms with Gasteiger partial charge in [0.25, 0.3) is 0 Å². The van der Waals surface area contributed by atoms with Gasteiger partial charge >= 0.3 is 0 Å². The van der Waals surface area contributed by atoms with Crippen molar-refractivity contribution in [2.24, 2.45) is 0 Å². The third kappa shape index (κ3) is 0.785. The lowest BCUT2D eigenvalue weighted by Gasteiger charge is -2.07. The highest BCUT2D eigenvalue weighted by molar-refractivity contribution is 6.48. The highest BCUT2D eigenvalue weighted by Crippen LogP contribution is 2.26. The average Bonchev–Trinajstić information content (AvgIpc) is 2.33. The molecule has 1 radical (unpaired) electrons. The quantitative estimate of drug-likeness (QED) is 0.437. The molecule has 0 amide bonds. The normalized spacial score (nSPS) is 23.1. The van der Waals surface area contributed by atoms with Crippen molar-refractivity contribution in [3.05, 3.63) is 23.4 Å². The van der Waals surface area contributed by atoms with E-state index in [-0.39, 0.29) is 0 Å². The highest BCUT2D eigenvalue weighted by Gasteiger charge is 2.16. The van der Waals surface area contributed by atoms with Gasteiger partial charge in [-0.05, 0) is 12.5 Å². The molecule has 0 unspecified atom stereocenters. The smallest absolute Gasteiger partial charge is 0.156 e. The molecule has 0 N–H and O–H groups in total. The summed E-state index contributed by atoms with van der Waals surface area (Å²) < 4.78 is 5.11. The minimum atomic E-state index is 0.771. The summed E-state index contributed by atoms with van der Waals surface area (Å²) in [5.41, 5.74) is 2.78. The summed E-state index contributed by atoms with van der Waals surface area (Å²) in [7, 11) is 2.23. The molecule has 2 aliphatic rings. The van der Waals surface area contributed by atoms with Crippen molar-refractivity contribution in [1.29, 1.82) is 0 Å². The first-order valence-electron chi connectivity index (χ1n) is 3.31. The van der Waals surface area contributed by atoms with Crippen molar-refractivity contribution in [1.82, 2.24) is 0 Å². The fourth-order valence-corrected chi connectivity index (χ4v) is 1.29. The van der Waals surface area contributed by atoms with Crippen molar-refractivity contribution in [2.75, 3.05) is 6.61 Å². The van der Waals surface area contributed by atoms with Crippen molar-refractivity contribution in [3.8, 4) is 0 Å². The Bertz CT molecular complexity index is 161. The van der Waals surface area contributed by atoms with Crippen LogP contribution < -0.4 is 0 Å². The molecule has 0 bridgehead atoms. The van der Waals surface area contributed by atoms with E-state index < -0.39 is 0 Å². The van der Waals surface area contributed by atoms with Crippen LogP contribution in [0, 0.1) is 0 Å². The maximum absolute atomic E-state index is 5.11. The third-order valence-electron chi connectivity index (χ3n) is 1.78. The van der Waals surface area contributed by atoms with Crippen LogP contribution >= 0.6 is 0 Å². The van der Waals surface area contributed by atoms with Gasteiger partial charge in [0.1, 0.15) is 6.61 Å². The van der Waals surface area contributed by atoms with E-state index in [9.17, 15) is 0 Å². The fraction of sp³-hybridized carbons (Fsp3) is 0.429. The molecule has 1 nitrogen and oxygen atoms in total. The lowest BCUT2D eigenvalue weighted by molar-refractivity contribution is 0.283. The van der Waals surface area contributed by atoms with Crippen LogP contribution in [0.5, 0.6) is 0 Å². The maximum Gasteiger partial charge on any atom is 0.156 e. The SMILES string of the molecule is [B]1CCC2=CCOC=C12. The third-order valence-corrected chi connectivity index (χ3v) is 1.78. The van der Waals surface area contributed by atoms with E-state index in [1.807, 2.05) is 6.26 Å². The number of rotatable bonds is 0. The summed E-state index contributed by atoms with van der Waals surface area (Å²) in [6, 6.07) is 0. The van der Waals surface area contributed by atoms with Crippen LogP contribution in [0.4, 0.5) is 0 Å². The molecule has 45 valence electrons. The van der Waals surface area contributed by atoms with E-state index in [0.717, 1.165) is 6.61 Å². The van der Waals surface area contributed by atoms with Crippen LogP contribution in [0.15, 0.2) is 23.4 Å². The monoisotopic (exact) mass is 119 g/mol. The van der Waals surface area contributed by atoms with Crippen LogP contribution in [0.25, 0.3) is 0 Å². The zero-order valence-corrected chi connectivity index (χ0v) is 5.26. The summed E-state index contributed by atoms with van der Waals surface area (Å²) in [5.74, 6) is 0. The minimum Gasteiger partial charge on any atom is -0.498 e. The van der Waals surface area contributed by atoms with Gasteiger partial charge in [0.15, 0.2) is 7.28 Å². The second kappa shape index (κ2) is 1.94. The van der Waals surface area contributed by atoms with Crippen LogP contribution in [-0.4, -0.2) is 13.9 Å². The lowest BCUT2D eigenvalue weighted by Crippen LogP contribution is -1.97. The van der Waals surface area contributed by atoms with Crippen LogP contribution in [-0.2, 0) is 4.74 Å². The Morgan fingerprint density at radius 2 is 2.56 bits per heavy atom. The van der Waals surface area contributed by atoms with Crippen molar-refractivity contribution >= 4 is 7.28 Å². The number of fused-ring (bicyclic) bond motifs is 1. The molecule has 2 rings (SSSR count). The van der Waals surface area contributed by atoms with Gasteiger partial charge in [0.05, 0.1) is 6.26 Å². The summed E-state index contributed by atoms with van der Waals surface area (Å²) in [6.45, 7) is 0.771. The predicted octanol–water partition coefficient (Wildman–Crippen LogP) is 1.31. The molecule has 0 aliphatic carbocycles. The largest absolute Gasteiger partial charge is 0.498 e. The minimum absolute atomic E-state index is 0.771. The van der Waals surface area contributed by atoms with E-state index in [4.69, 9.17) is 4.74 Å². The molecule has 2 aliphatic heterocycles. The van der Waals surface area contributed by atoms with Crippen LogP contribution in [0.1, 0.15) is 6.42 Å². The second-order valence-electron chi connectivity index (χ2n) is 2.38. The fourth-order valence-electron chi connectivity index (χ4n) is 1.29. The maximum atomic E-state index is 5.11. The van der Waals surface area contributed by atoms with E-state index in [2.05, 4.69) is 13.4 Å². The van der Waals surface area contributed by atoms with Gasteiger partial charge in [-0.3, -0.25) is 0 Å². The van der Waals surface area contributed by atoms with Gasteiger partial charge in [-0.25, -0.2) is 0 Å². The highest BCUT2D eigenvalue weighted by atomic mass is 16.5. The zero-order valence-electron chi connectivity index (χ0n) is 5.26. The van der Waals surface area contributed by atoms with Crippen LogP contribution in [0.2, 0.25) is 6.32 Å². The van der Waals surface area contributed by atoms with E-state index in [0.29, 0.717) is 0 Å². The summed E-state index contributed by atoms with van der Waals surface area (Å²) in [5, 5.41) is 0.